The summed E-state index contributed by atoms with van der Waals surface area (Å²) in [6, 6.07) is 26.8. The molecule has 2 amide bonds. The van der Waals surface area contributed by atoms with Crippen LogP contribution in [-0.2, 0) is 4.79 Å². The highest BCUT2D eigenvalue weighted by atomic mass is 16.5. The average molecular weight is 494 g/mol. The predicted molar refractivity (Wildman–Crippen MR) is 145 cm³/mol. The molecule has 0 saturated carbocycles. The van der Waals surface area contributed by atoms with E-state index in [1.165, 1.54) is 0 Å². The van der Waals surface area contributed by atoms with E-state index in [0.717, 1.165) is 28.2 Å². The fourth-order valence-electron chi connectivity index (χ4n) is 5.05. The molecule has 1 unspecified atom stereocenters. The van der Waals surface area contributed by atoms with Crippen LogP contribution in [0.3, 0.4) is 0 Å². The molecule has 1 aliphatic rings. The molecule has 0 fully saturated rings. The van der Waals surface area contributed by atoms with Crippen molar-refractivity contribution in [3.05, 3.63) is 114 Å². The molecule has 6 nitrogen and oxygen atoms in total. The lowest BCUT2D eigenvalue weighted by Gasteiger charge is -2.40. The normalized spacial score (nSPS) is 14.2. The van der Waals surface area contributed by atoms with Crippen molar-refractivity contribution in [2.75, 3.05) is 18.6 Å². The second-order valence-corrected chi connectivity index (χ2v) is 9.63. The SMILES string of the molecule is COc1cccc(C(=O)N(CC(=O)N2c3ccccc3-n3cccc3C2c2cccc(C)c2)C(C)C)c1. The van der Waals surface area contributed by atoms with Gasteiger partial charge in [0, 0.05) is 17.8 Å². The fraction of sp³-hybridized carbons (Fsp3) is 0.226. The Balaban J connectivity index is 1.57. The molecule has 0 aliphatic carbocycles. The van der Waals surface area contributed by atoms with Crippen LogP contribution in [0, 0.1) is 6.92 Å². The topological polar surface area (TPSA) is 54.8 Å². The molecule has 188 valence electrons. The van der Waals surface area contributed by atoms with Crippen molar-refractivity contribution in [2.24, 2.45) is 0 Å². The minimum Gasteiger partial charge on any atom is -0.497 e. The van der Waals surface area contributed by atoms with Crippen LogP contribution in [0.2, 0.25) is 0 Å². The number of carbonyl (C=O) groups is 2. The number of anilines is 1. The van der Waals surface area contributed by atoms with Gasteiger partial charge in [-0.05, 0) is 68.8 Å². The molecule has 0 N–H and O–H groups in total. The second-order valence-electron chi connectivity index (χ2n) is 9.63. The number of aromatic nitrogens is 1. The van der Waals surface area contributed by atoms with E-state index < -0.39 is 0 Å². The summed E-state index contributed by atoms with van der Waals surface area (Å²) in [5.41, 5.74) is 5.41. The highest BCUT2D eigenvalue weighted by Crippen LogP contribution is 2.42. The Labute approximate surface area is 217 Å². The number of benzene rings is 3. The van der Waals surface area contributed by atoms with Gasteiger partial charge in [0.15, 0.2) is 0 Å². The number of nitrogens with zero attached hydrogens (tertiary/aromatic N) is 3. The second kappa shape index (κ2) is 9.97. The third-order valence-corrected chi connectivity index (χ3v) is 6.85. The van der Waals surface area contributed by atoms with Crippen molar-refractivity contribution in [1.29, 1.82) is 0 Å². The maximum atomic E-state index is 14.2. The van der Waals surface area contributed by atoms with Gasteiger partial charge in [0.25, 0.3) is 5.91 Å². The molecule has 4 aromatic rings. The van der Waals surface area contributed by atoms with Gasteiger partial charge in [-0.15, -0.1) is 0 Å². The standard InChI is InChI=1S/C31H31N3O3/c1-21(2)33(31(36)24-12-8-13-25(19-24)37-4)20-29(35)34-27-15-6-5-14-26(27)32-17-9-16-28(32)30(34)23-11-7-10-22(3)18-23/h5-19,21,30H,20H2,1-4H3. The van der Waals surface area contributed by atoms with Gasteiger partial charge < -0.3 is 14.2 Å². The van der Waals surface area contributed by atoms with Gasteiger partial charge in [-0.1, -0.05) is 48.0 Å². The maximum Gasteiger partial charge on any atom is 0.254 e. The average Bonchev–Trinajstić information content (AvgIpc) is 3.40. The quantitative estimate of drug-likeness (QED) is 0.342. The zero-order valence-electron chi connectivity index (χ0n) is 21.6. The molecule has 5 rings (SSSR count). The van der Waals surface area contributed by atoms with Crippen molar-refractivity contribution in [2.45, 2.75) is 32.9 Å². The lowest BCUT2D eigenvalue weighted by atomic mass is 9.96. The van der Waals surface area contributed by atoms with Crippen LogP contribution in [0.15, 0.2) is 91.1 Å². The number of aryl methyl sites for hydroxylation is 1. The van der Waals surface area contributed by atoms with E-state index in [0.29, 0.717) is 11.3 Å². The number of amides is 2. The highest BCUT2D eigenvalue weighted by Gasteiger charge is 2.37. The number of ether oxygens (including phenoxy) is 1. The van der Waals surface area contributed by atoms with Crippen LogP contribution in [0.5, 0.6) is 5.75 Å². The molecule has 0 saturated heterocycles. The van der Waals surface area contributed by atoms with Gasteiger partial charge >= 0.3 is 0 Å². The van der Waals surface area contributed by atoms with Crippen molar-refractivity contribution in [3.63, 3.8) is 0 Å². The first-order valence-corrected chi connectivity index (χ1v) is 12.5. The van der Waals surface area contributed by atoms with E-state index in [9.17, 15) is 9.59 Å². The molecule has 3 aromatic carbocycles. The number of fused-ring (bicyclic) bond motifs is 3. The van der Waals surface area contributed by atoms with Crippen LogP contribution in [0.1, 0.15) is 47.1 Å². The van der Waals surface area contributed by atoms with Crippen molar-refractivity contribution < 1.29 is 14.3 Å². The lowest BCUT2D eigenvalue weighted by molar-refractivity contribution is -0.120. The van der Waals surface area contributed by atoms with Crippen molar-refractivity contribution in [1.82, 2.24) is 9.47 Å². The van der Waals surface area contributed by atoms with E-state index in [-0.39, 0.29) is 30.4 Å². The zero-order valence-corrected chi connectivity index (χ0v) is 21.6. The fourth-order valence-corrected chi connectivity index (χ4v) is 5.05. The Morgan fingerprint density at radius 3 is 2.41 bits per heavy atom. The first kappa shape index (κ1) is 24.4. The van der Waals surface area contributed by atoms with Gasteiger partial charge in [-0.3, -0.25) is 14.5 Å². The Kier molecular flexibility index (Phi) is 6.57. The number of methoxy groups -OCH3 is 1. The van der Waals surface area contributed by atoms with E-state index in [4.69, 9.17) is 4.74 Å². The first-order valence-electron chi connectivity index (χ1n) is 12.5. The summed E-state index contributed by atoms with van der Waals surface area (Å²) in [4.78, 5) is 31.3. The van der Waals surface area contributed by atoms with Gasteiger partial charge in [0.1, 0.15) is 18.3 Å². The summed E-state index contributed by atoms with van der Waals surface area (Å²) in [7, 11) is 1.57. The number of carbonyl (C=O) groups excluding carboxylic acids is 2. The number of hydrogen-bond donors (Lipinski definition) is 0. The molecule has 0 bridgehead atoms. The number of rotatable bonds is 6. The monoisotopic (exact) mass is 493 g/mol. The van der Waals surface area contributed by atoms with Gasteiger partial charge in [0.05, 0.1) is 24.2 Å². The summed E-state index contributed by atoms with van der Waals surface area (Å²) in [6.45, 7) is 5.86. The lowest BCUT2D eigenvalue weighted by Crippen LogP contribution is -2.48. The third-order valence-electron chi connectivity index (χ3n) is 6.85. The molecule has 0 spiro atoms. The summed E-state index contributed by atoms with van der Waals surface area (Å²) >= 11 is 0. The summed E-state index contributed by atoms with van der Waals surface area (Å²) in [5, 5.41) is 0. The van der Waals surface area contributed by atoms with Crippen LogP contribution < -0.4 is 9.64 Å². The first-order chi connectivity index (χ1) is 17.9. The van der Waals surface area contributed by atoms with E-state index >= 15 is 0 Å². The Morgan fingerprint density at radius 1 is 0.919 bits per heavy atom. The van der Waals surface area contributed by atoms with Gasteiger partial charge in [-0.25, -0.2) is 0 Å². The molecule has 1 atom stereocenters. The van der Waals surface area contributed by atoms with Crippen LogP contribution in [0.4, 0.5) is 5.69 Å². The molecular formula is C31H31N3O3. The third kappa shape index (κ3) is 4.51. The molecule has 1 aromatic heterocycles. The minimum atomic E-state index is -0.321. The Morgan fingerprint density at radius 2 is 1.68 bits per heavy atom. The molecule has 2 heterocycles. The van der Waals surface area contributed by atoms with E-state index in [1.54, 1.807) is 36.3 Å². The summed E-state index contributed by atoms with van der Waals surface area (Å²) in [6.07, 6.45) is 2.03. The van der Waals surface area contributed by atoms with Gasteiger partial charge in [-0.2, -0.15) is 0 Å². The van der Waals surface area contributed by atoms with Crippen LogP contribution in [-0.4, -0.2) is 41.0 Å². The Hall–Kier alpha value is -4.32. The number of hydrogen-bond acceptors (Lipinski definition) is 3. The maximum absolute atomic E-state index is 14.2. The van der Waals surface area contributed by atoms with Crippen molar-refractivity contribution >= 4 is 17.5 Å². The van der Waals surface area contributed by atoms with E-state index in [1.807, 2.05) is 61.3 Å². The smallest absolute Gasteiger partial charge is 0.254 e. The number of para-hydroxylation sites is 2. The molecule has 0 radical (unpaired) electrons. The zero-order chi connectivity index (χ0) is 26.1. The molecule has 1 aliphatic heterocycles. The molecule has 6 heteroatoms. The molecule has 37 heavy (non-hydrogen) atoms. The highest BCUT2D eigenvalue weighted by molar-refractivity contribution is 6.03. The van der Waals surface area contributed by atoms with Gasteiger partial charge in [0.2, 0.25) is 5.91 Å². The predicted octanol–water partition coefficient (Wildman–Crippen LogP) is 5.78. The van der Waals surface area contributed by atoms with E-state index in [2.05, 4.69) is 35.8 Å². The van der Waals surface area contributed by atoms with Crippen LogP contribution >= 0.6 is 0 Å². The summed E-state index contributed by atoms with van der Waals surface area (Å²) < 4.78 is 7.46. The minimum absolute atomic E-state index is 0.0505. The van der Waals surface area contributed by atoms with Crippen molar-refractivity contribution in [3.8, 4) is 11.4 Å². The molecular weight excluding hydrogens is 462 g/mol. The van der Waals surface area contributed by atoms with Crippen LogP contribution in [0.25, 0.3) is 5.69 Å². The summed E-state index contributed by atoms with van der Waals surface area (Å²) in [5.74, 6) is 0.255. The largest absolute Gasteiger partial charge is 0.497 e. The Bertz CT molecular complexity index is 1460.